The minimum atomic E-state index is -5.58. The van der Waals surface area contributed by atoms with Gasteiger partial charge < -0.3 is 0 Å². The smallest absolute Gasteiger partial charge is 0.194 e. The van der Waals surface area contributed by atoms with Crippen LogP contribution in [0, 0.1) is 0 Å². The van der Waals surface area contributed by atoms with Crippen LogP contribution in [0.4, 0.5) is 26.3 Å². The van der Waals surface area contributed by atoms with E-state index in [1.807, 2.05) is 0 Å². The van der Waals surface area contributed by atoms with E-state index in [9.17, 15) is 26.3 Å². The molecule has 0 amide bonds. The minimum Gasteiger partial charge on any atom is -0.194 e. The van der Waals surface area contributed by atoms with E-state index in [-0.39, 0.29) is 0 Å². The predicted molar refractivity (Wildman–Crippen MR) is 99.9 cm³/mol. The average molecular weight is 419 g/mol. The molecule has 0 aliphatic carbocycles. The SMILES string of the molecule is C[Si](C)c1cccc(C(F)(F)C(F)(F)C(F)(F)c2cccc([Si](C)C)c2)c1. The fraction of sp³-hybridized carbons (Fsp3) is 0.368. The van der Waals surface area contributed by atoms with Gasteiger partial charge in [-0.1, -0.05) is 85.1 Å². The zero-order valence-electron chi connectivity index (χ0n) is 15.4. The molecule has 0 heterocycles. The molecule has 0 fully saturated rings. The van der Waals surface area contributed by atoms with Crippen LogP contribution in [-0.4, -0.2) is 23.5 Å². The van der Waals surface area contributed by atoms with E-state index in [2.05, 4.69) is 0 Å². The molecule has 0 saturated heterocycles. The summed E-state index contributed by atoms with van der Waals surface area (Å²) in [5.74, 6) is -15.6. The lowest BCUT2D eigenvalue weighted by Crippen LogP contribution is -2.51. The molecular weight excluding hydrogens is 398 g/mol. The number of alkyl halides is 6. The fourth-order valence-electron chi connectivity index (χ4n) is 2.61. The Morgan fingerprint density at radius 1 is 0.593 bits per heavy atom. The van der Waals surface area contributed by atoms with Gasteiger partial charge in [-0.05, 0) is 0 Å². The first-order chi connectivity index (χ1) is 12.3. The van der Waals surface area contributed by atoms with Crippen molar-refractivity contribution in [1.29, 1.82) is 0 Å². The van der Waals surface area contributed by atoms with Crippen LogP contribution in [0.5, 0.6) is 0 Å². The van der Waals surface area contributed by atoms with Gasteiger partial charge in [0.25, 0.3) is 0 Å². The first kappa shape index (κ1) is 21.8. The molecule has 2 rings (SSSR count). The highest BCUT2D eigenvalue weighted by atomic mass is 28.3. The van der Waals surface area contributed by atoms with Crippen molar-refractivity contribution >= 4 is 28.0 Å². The number of rotatable bonds is 6. The third-order valence-corrected chi connectivity index (χ3v) is 7.33. The van der Waals surface area contributed by atoms with E-state index < -0.39 is 46.5 Å². The normalized spacial score (nSPS) is 13.5. The molecule has 146 valence electrons. The number of benzene rings is 2. The van der Waals surface area contributed by atoms with Crippen molar-refractivity contribution in [2.45, 2.75) is 44.0 Å². The predicted octanol–water partition coefficient (Wildman–Crippen LogP) is 5.13. The molecule has 2 radical (unpaired) electrons. The first-order valence-electron chi connectivity index (χ1n) is 8.28. The maximum atomic E-state index is 14.6. The van der Waals surface area contributed by atoms with Crippen molar-refractivity contribution in [2.75, 3.05) is 0 Å². The largest absolute Gasteiger partial charge is 0.380 e. The monoisotopic (exact) mass is 418 g/mol. The molecule has 2 aromatic carbocycles. The quantitative estimate of drug-likeness (QED) is 0.451. The Morgan fingerprint density at radius 2 is 0.926 bits per heavy atom. The van der Waals surface area contributed by atoms with Gasteiger partial charge in [-0.15, -0.1) is 0 Å². The van der Waals surface area contributed by atoms with Gasteiger partial charge in [0.1, 0.15) is 0 Å². The Balaban J connectivity index is 2.54. The van der Waals surface area contributed by atoms with Gasteiger partial charge in [0.2, 0.25) is 0 Å². The van der Waals surface area contributed by atoms with Crippen LogP contribution in [-0.2, 0) is 11.8 Å². The Labute approximate surface area is 158 Å². The molecule has 0 unspecified atom stereocenters. The Bertz CT molecular complexity index is 737. The zero-order chi connectivity index (χ0) is 20.6. The van der Waals surface area contributed by atoms with Gasteiger partial charge in [0, 0.05) is 11.1 Å². The van der Waals surface area contributed by atoms with Gasteiger partial charge in [0.15, 0.2) is 0 Å². The Morgan fingerprint density at radius 3 is 1.22 bits per heavy atom. The van der Waals surface area contributed by atoms with Crippen molar-refractivity contribution < 1.29 is 26.3 Å². The summed E-state index contributed by atoms with van der Waals surface area (Å²) in [5, 5.41) is 0.949. The number of hydrogen-bond acceptors (Lipinski definition) is 0. The van der Waals surface area contributed by atoms with Crippen molar-refractivity contribution in [1.82, 2.24) is 0 Å². The Kier molecular flexibility index (Phi) is 6.01. The summed E-state index contributed by atoms with van der Waals surface area (Å²) in [4.78, 5) is 0. The van der Waals surface area contributed by atoms with Crippen LogP contribution in [0.25, 0.3) is 0 Å². The summed E-state index contributed by atoms with van der Waals surface area (Å²) < 4.78 is 87.5. The summed E-state index contributed by atoms with van der Waals surface area (Å²) in [6, 6.07) is 8.85. The average Bonchev–Trinajstić information content (AvgIpc) is 2.61. The maximum Gasteiger partial charge on any atom is 0.380 e. The molecule has 0 aliphatic heterocycles. The van der Waals surface area contributed by atoms with Gasteiger partial charge >= 0.3 is 17.8 Å². The van der Waals surface area contributed by atoms with Crippen molar-refractivity contribution in [3.63, 3.8) is 0 Å². The molecule has 0 nitrogen and oxygen atoms in total. The number of hydrogen-bond donors (Lipinski definition) is 0. The highest BCUT2D eigenvalue weighted by Crippen LogP contribution is 2.55. The molecule has 0 saturated carbocycles. The summed E-state index contributed by atoms with van der Waals surface area (Å²) >= 11 is 0. The van der Waals surface area contributed by atoms with Gasteiger partial charge in [-0.3, -0.25) is 0 Å². The van der Waals surface area contributed by atoms with E-state index in [1.54, 1.807) is 38.3 Å². The second kappa shape index (κ2) is 7.46. The summed E-state index contributed by atoms with van der Waals surface area (Å²) in [7, 11) is -2.41. The van der Waals surface area contributed by atoms with E-state index in [0.29, 0.717) is 10.4 Å². The van der Waals surface area contributed by atoms with Crippen LogP contribution in [0.1, 0.15) is 11.1 Å². The summed E-state index contributed by atoms with van der Waals surface area (Å²) in [6.45, 7) is 7.20. The van der Waals surface area contributed by atoms with Crippen molar-refractivity contribution in [3.8, 4) is 0 Å². The highest BCUT2D eigenvalue weighted by molar-refractivity contribution is 6.71. The van der Waals surface area contributed by atoms with Crippen molar-refractivity contribution in [2.24, 2.45) is 0 Å². The second-order valence-electron chi connectivity index (χ2n) is 6.88. The third-order valence-electron chi connectivity index (χ3n) is 4.39. The van der Waals surface area contributed by atoms with Gasteiger partial charge in [-0.25, -0.2) is 0 Å². The molecule has 0 atom stereocenters. The van der Waals surface area contributed by atoms with Gasteiger partial charge in [-0.2, -0.15) is 26.3 Å². The van der Waals surface area contributed by atoms with Crippen LogP contribution < -0.4 is 10.4 Å². The van der Waals surface area contributed by atoms with E-state index in [1.165, 1.54) is 12.1 Å². The van der Waals surface area contributed by atoms with E-state index >= 15 is 0 Å². The lowest BCUT2D eigenvalue weighted by atomic mass is 9.93. The number of halogens is 6. The minimum absolute atomic E-state index is 0.475. The summed E-state index contributed by atoms with van der Waals surface area (Å²) in [6.07, 6.45) is 0. The van der Waals surface area contributed by atoms with Crippen LogP contribution in [0.3, 0.4) is 0 Å². The fourth-order valence-corrected chi connectivity index (χ4v) is 4.36. The first-order valence-corrected chi connectivity index (χ1v) is 13.3. The molecule has 0 aliphatic rings. The lowest BCUT2D eigenvalue weighted by Gasteiger charge is -2.33. The zero-order valence-corrected chi connectivity index (χ0v) is 17.4. The molecule has 0 bridgehead atoms. The van der Waals surface area contributed by atoms with E-state index in [0.717, 1.165) is 24.3 Å². The molecular formula is C19H20F6Si2. The molecule has 0 aromatic heterocycles. The van der Waals surface area contributed by atoms with Crippen LogP contribution in [0.15, 0.2) is 48.5 Å². The topological polar surface area (TPSA) is 0 Å². The highest BCUT2D eigenvalue weighted by Gasteiger charge is 2.72. The van der Waals surface area contributed by atoms with Crippen molar-refractivity contribution in [3.05, 3.63) is 59.7 Å². The molecule has 0 spiro atoms. The standard InChI is InChI=1S/C19H20F6Si2/c1-26(2)15-9-5-7-13(11-15)17(20,21)19(24,25)18(22,23)14-8-6-10-16(12-14)27(3)4/h5-12H,1-4H3. The van der Waals surface area contributed by atoms with Gasteiger partial charge in [0.05, 0.1) is 17.6 Å². The van der Waals surface area contributed by atoms with E-state index in [4.69, 9.17) is 0 Å². The maximum absolute atomic E-state index is 14.6. The van der Waals surface area contributed by atoms with Crippen LogP contribution >= 0.6 is 0 Å². The molecule has 0 N–H and O–H groups in total. The Hall–Kier alpha value is -1.55. The molecule has 27 heavy (non-hydrogen) atoms. The second-order valence-corrected chi connectivity index (χ2v) is 12.0. The lowest BCUT2D eigenvalue weighted by molar-refractivity contribution is -0.321. The molecule has 2 aromatic rings. The molecule has 8 heteroatoms. The van der Waals surface area contributed by atoms with Crippen LogP contribution in [0.2, 0.25) is 26.2 Å². The third kappa shape index (κ3) is 3.87. The summed E-state index contributed by atoms with van der Waals surface area (Å²) in [5.41, 5.74) is -2.19.